The van der Waals surface area contributed by atoms with Crippen molar-refractivity contribution in [3.05, 3.63) is 64.8 Å². The number of phenols is 1. The molecule has 0 bridgehead atoms. The molecule has 0 fully saturated rings. The van der Waals surface area contributed by atoms with Crippen LogP contribution in [-0.4, -0.2) is 41.7 Å². The summed E-state index contributed by atoms with van der Waals surface area (Å²) >= 11 is 1.45. The molecule has 3 aromatic rings. The van der Waals surface area contributed by atoms with E-state index in [1.54, 1.807) is 35.2 Å². The van der Waals surface area contributed by atoms with E-state index in [1.165, 1.54) is 11.3 Å². The quantitative estimate of drug-likeness (QED) is 0.424. The van der Waals surface area contributed by atoms with E-state index >= 15 is 0 Å². The van der Waals surface area contributed by atoms with Crippen LogP contribution in [0.15, 0.2) is 64.5 Å². The SMILES string of the molecule is C=CCN=c1scc(-c2ccc3c(c2)NC(=O)CO3)n1N=Cc1ccc(O)c(OCC)c1. The maximum Gasteiger partial charge on any atom is 0.262 e. The van der Waals surface area contributed by atoms with Gasteiger partial charge in [0.05, 0.1) is 30.7 Å². The highest BCUT2D eigenvalue weighted by molar-refractivity contribution is 7.07. The van der Waals surface area contributed by atoms with Gasteiger partial charge in [0.25, 0.3) is 5.91 Å². The number of benzene rings is 2. The van der Waals surface area contributed by atoms with E-state index in [9.17, 15) is 9.90 Å². The van der Waals surface area contributed by atoms with Gasteiger partial charge < -0.3 is 19.9 Å². The topological polar surface area (TPSA) is 97.4 Å². The lowest BCUT2D eigenvalue weighted by Gasteiger charge is -2.18. The zero-order valence-corrected chi connectivity index (χ0v) is 18.3. The summed E-state index contributed by atoms with van der Waals surface area (Å²) in [6, 6.07) is 10.6. The monoisotopic (exact) mass is 450 g/mol. The normalized spacial score (nSPS) is 13.5. The lowest BCUT2D eigenvalue weighted by atomic mass is 10.1. The second kappa shape index (κ2) is 9.52. The molecular formula is C23H22N4O4S. The Kier molecular flexibility index (Phi) is 6.37. The van der Waals surface area contributed by atoms with E-state index in [1.807, 2.05) is 30.5 Å². The number of rotatable bonds is 7. The van der Waals surface area contributed by atoms with E-state index < -0.39 is 0 Å². The number of carbonyl (C=O) groups excluding carboxylic acids is 1. The molecule has 164 valence electrons. The molecule has 0 radical (unpaired) electrons. The van der Waals surface area contributed by atoms with Crippen molar-refractivity contribution in [2.45, 2.75) is 6.92 Å². The third-order valence-electron chi connectivity index (χ3n) is 4.56. The Hall–Kier alpha value is -3.85. The van der Waals surface area contributed by atoms with Crippen molar-refractivity contribution >= 4 is 29.1 Å². The number of aromatic nitrogens is 1. The first-order valence-electron chi connectivity index (χ1n) is 9.98. The number of thiazole rings is 1. The summed E-state index contributed by atoms with van der Waals surface area (Å²) in [7, 11) is 0. The van der Waals surface area contributed by atoms with Gasteiger partial charge in [-0.3, -0.25) is 9.79 Å². The van der Waals surface area contributed by atoms with Gasteiger partial charge in [-0.05, 0) is 48.9 Å². The first-order chi connectivity index (χ1) is 15.6. The molecule has 0 saturated heterocycles. The Bertz CT molecular complexity index is 1260. The fraction of sp³-hybridized carbons (Fsp3) is 0.174. The lowest BCUT2D eigenvalue weighted by molar-refractivity contribution is -0.118. The Morgan fingerprint density at radius 2 is 2.22 bits per heavy atom. The first-order valence-corrected chi connectivity index (χ1v) is 10.9. The molecule has 32 heavy (non-hydrogen) atoms. The van der Waals surface area contributed by atoms with Crippen molar-refractivity contribution in [3.8, 4) is 28.5 Å². The largest absolute Gasteiger partial charge is 0.504 e. The summed E-state index contributed by atoms with van der Waals surface area (Å²) in [5, 5.41) is 19.4. The highest BCUT2D eigenvalue weighted by atomic mass is 32.1. The number of anilines is 1. The van der Waals surface area contributed by atoms with E-state index in [2.05, 4.69) is 22.0 Å². The van der Waals surface area contributed by atoms with Crippen molar-refractivity contribution in [2.75, 3.05) is 25.1 Å². The number of hydrogen-bond acceptors (Lipinski definition) is 7. The summed E-state index contributed by atoms with van der Waals surface area (Å²) in [6.07, 6.45) is 3.39. The highest BCUT2D eigenvalue weighted by Crippen LogP contribution is 2.33. The number of amides is 1. The molecule has 0 spiro atoms. The van der Waals surface area contributed by atoms with Crippen LogP contribution in [0.25, 0.3) is 11.3 Å². The van der Waals surface area contributed by atoms with Crippen LogP contribution in [0.5, 0.6) is 17.2 Å². The van der Waals surface area contributed by atoms with Crippen molar-refractivity contribution in [1.29, 1.82) is 0 Å². The van der Waals surface area contributed by atoms with E-state index in [4.69, 9.17) is 9.47 Å². The van der Waals surface area contributed by atoms with Crippen molar-refractivity contribution in [2.24, 2.45) is 10.1 Å². The van der Waals surface area contributed by atoms with Crippen LogP contribution < -0.4 is 19.6 Å². The molecular weight excluding hydrogens is 428 g/mol. The van der Waals surface area contributed by atoms with E-state index in [0.717, 1.165) is 16.8 Å². The molecule has 2 aromatic carbocycles. The van der Waals surface area contributed by atoms with Crippen molar-refractivity contribution in [1.82, 2.24) is 4.68 Å². The third kappa shape index (κ3) is 4.57. The molecule has 0 saturated carbocycles. The Labute approximate surface area is 188 Å². The number of carbonyl (C=O) groups is 1. The summed E-state index contributed by atoms with van der Waals surface area (Å²) < 4.78 is 12.6. The predicted molar refractivity (Wildman–Crippen MR) is 125 cm³/mol. The van der Waals surface area contributed by atoms with Gasteiger partial charge in [-0.25, -0.2) is 4.68 Å². The van der Waals surface area contributed by atoms with Crippen molar-refractivity contribution in [3.63, 3.8) is 0 Å². The van der Waals surface area contributed by atoms with Gasteiger partial charge in [0.15, 0.2) is 18.1 Å². The highest BCUT2D eigenvalue weighted by Gasteiger charge is 2.17. The average Bonchev–Trinajstić information content (AvgIpc) is 3.20. The molecule has 9 heteroatoms. The molecule has 1 aromatic heterocycles. The number of hydrogen-bond donors (Lipinski definition) is 2. The minimum Gasteiger partial charge on any atom is -0.504 e. The number of aromatic hydroxyl groups is 1. The number of nitrogens with one attached hydrogen (secondary N) is 1. The summed E-state index contributed by atoms with van der Waals surface area (Å²) in [5.74, 6) is 0.912. The first kappa shape index (κ1) is 21.4. The van der Waals surface area contributed by atoms with Gasteiger partial charge in [-0.1, -0.05) is 6.08 Å². The molecule has 2 N–H and O–H groups in total. The Balaban J connectivity index is 1.75. The Morgan fingerprint density at radius 3 is 3.03 bits per heavy atom. The lowest BCUT2D eigenvalue weighted by Crippen LogP contribution is -2.25. The number of fused-ring (bicyclic) bond motifs is 1. The average molecular weight is 451 g/mol. The number of nitrogens with zero attached hydrogens (tertiary/aromatic N) is 3. The molecule has 0 aliphatic carbocycles. The zero-order chi connectivity index (χ0) is 22.5. The van der Waals surface area contributed by atoms with E-state index in [-0.39, 0.29) is 18.3 Å². The molecule has 1 amide bonds. The van der Waals surface area contributed by atoms with Gasteiger partial charge in [0, 0.05) is 10.9 Å². The summed E-state index contributed by atoms with van der Waals surface area (Å²) in [4.78, 5) is 16.9. The molecule has 1 aliphatic rings. The zero-order valence-electron chi connectivity index (χ0n) is 17.4. The minimum absolute atomic E-state index is 0.00996. The fourth-order valence-electron chi connectivity index (χ4n) is 3.11. The van der Waals surface area contributed by atoms with Crippen LogP contribution in [0.4, 0.5) is 5.69 Å². The van der Waals surface area contributed by atoms with Gasteiger partial charge >= 0.3 is 0 Å². The molecule has 1 aliphatic heterocycles. The van der Waals surface area contributed by atoms with Gasteiger partial charge in [0.1, 0.15) is 5.75 Å². The maximum atomic E-state index is 11.7. The molecule has 4 rings (SSSR count). The molecule has 0 atom stereocenters. The molecule has 0 unspecified atom stereocenters. The second-order valence-electron chi connectivity index (χ2n) is 6.80. The van der Waals surface area contributed by atoms with Gasteiger partial charge in [-0.2, -0.15) is 5.10 Å². The van der Waals surface area contributed by atoms with Crippen LogP contribution in [0.3, 0.4) is 0 Å². The van der Waals surface area contributed by atoms with Crippen LogP contribution in [0.1, 0.15) is 12.5 Å². The van der Waals surface area contributed by atoms with Crippen molar-refractivity contribution < 1.29 is 19.4 Å². The number of phenolic OH excluding ortho intramolecular Hbond substituents is 1. The standard InChI is InChI=1S/C23H22N4O4S/c1-3-9-24-23-27(25-12-15-5-7-19(28)21(10-15)30-4-2)18(14-32-23)16-6-8-20-17(11-16)26-22(29)13-31-20/h3,5-8,10-12,14,28H,1,4,9,13H2,2H3,(H,26,29). The van der Waals surface area contributed by atoms with Crippen LogP contribution in [0, 0.1) is 0 Å². The predicted octanol–water partition coefficient (Wildman–Crippen LogP) is 3.62. The Morgan fingerprint density at radius 1 is 1.34 bits per heavy atom. The van der Waals surface area contributed by atoms with Crippen LogP contribution in [-0.2, 0) is 4.79 Å². The summed E-state index contributed by atoms with van der Waals surface area (Å²) in [5.41, 5.74) is 3.03. The second-order valence-corrected chi connectivity index (χ2v) is 7.63. The maximum absolute atomic E-state index is 11.7. The van der Waals surface area contributed by atoms with Crippen LogP contribution >= 0.6 is 11.3 Å². The fourth-order valence-corrected chi connectivity index (χ4v) is 3.96. The minimum atomic E-state index is -0.190. The third-order valence-corrected chi connectivity index (χ3v) is 5.41. The van der Waals surface area contributed by atoms with Gasteiger partial charge in [-0.15, -0.1) is 17.9 Å². The molecule has 2 heterocycles. The number of ether oxygens (including phenoxy) is 2. The molecule has 8 nitrogen and oxygen atoms in total. The van der Waals surface area contributed by atoms with Gasteiger partial charge in [0.2, 0.25) is 4.80 Å². The summed E-state index contributed by atoms with van der Waals surface area (Å²) in [6.45, 7) is 6.49. The van der Waals surface area contributed by atoms with Crippen LogP contribution in [0.2, 0.25) is 0 Å². The van der Waals surface area contributed by atoms with E-state index in [0.29, 0.717) is 35.1 Å². The smallest absolute Gasteiger partial charge is 0.262 e.